The topological polar surface area (TPSA) is 44.4 Å². The summed E-state index contributed by atoms with van der Waals surface area (Å²) in [4.78, 5) is 13.3. The highest BCUT2D eigenvalue weighted by atomic mass is 16.2. The van der Waals surface area contributed by atoms with Crippen LogP contribution in [0.5, 0.6) is 0 Å². The number of amides is 1. The zero-order valence-electron chi connectivity index (χ0n) is 10.9. The molecule has 0 spiro atoms. The van der Waals surface area contributed by atoms with Crippen LogP contribution in [0.3, 0.4) is 0 Å². The van der Waals surface area contributed by atoms with Crippen LogP contribution in [-0.2, 0) is 4.79 Å². The number of nitrogens with zero attached hydrogens (tertiary/aromatic N) is 1. The van der Waals surface area contributed by atoms with Crippen molar-refractivity contribution in [2.45, 2.75) is 51.2 Å². The van der Waals surface area contributed by atoms with Gasteiger partial charge < -0.3 is 15.5 Å². The lowest BCUT2D eigenvalue weighted by Crippen LogP contribution is -2.46. The minimum Gasteiger partial charge on any atom is -0.347 e. The van der Waals surface area contributed by atoms with Gasteiger partial charge in [-0.25, -0.2) is 0 Å². The van der Waals surface area contributed by atoms with Crippen molar-refractivity contribution in [3.05, 3.63) is 0 Å². The summed E-state index contributed by atoms with van der Waals surface area (Å²) in [5.74, 6) is 0.145. The predicted octanol–water partition coefficient (Wildman–Crippen LogP) is 0.583. The van der Waals surface area contributed by atoms with Crippen molar-refractivity contribution < 1.29 is 4.79 Å². The molecule has 1 aliphatic rings. The molecule has 1 heterocycles. The molecule has 3 unspecified atom stereocenters. The van der Waals surface area contributed by atoms with Gasteiger partial charge in [-0.15, -0.1) is 0 Å². The van der Waals surface area contributed by atoms with Crippen molar-refractivity contribution in [1.29, 1.82) is 0 Å². The highest BCUT2D eigenvalue weighted by molar-refractivity contribution is 5.80. The van der Waals surface area contributed by atoms with Crippen LogP contribution in [0.25, 0.3) is 0 Å². The van der Waals surface area contributed by atoms with Gasteiger partial charge in [-0.1, -0.05) is 0 Å². The highest BCUT2D eigenvalue weighted by Gasteiger charge is 2.20. The second-order valence-electron chi connectivity index (χ2n) is 5.05. The van der Waals surface area contributed by atoms with Gasteiger partial charge in [0.15, 0.2) is 0 Å². The molecule has 2 N–H and O–H groups in total. The smallest absolute Gasteiger partial charge is 0.238 e. The van der Waals surface area contributed by atoms with Crippen molar-refractivity contribution in [2.75, 3.05) is 20.6 Å². The minimum absolute atomic E-state index is 0.0913. The molecule has 1 amide bonds. The summed E-state index contributed by atoms with van der Waals surface area (Å²) < 4.78 is 0. The second-order valence-corrected chi connectivity index (χ2v) is 5.05. The maximum atomic E-state index is 11.7. The Morgan fingerprint density at radius 2 is 2.19 bits per heavy atom. The van der Waals surface area contributed by atoms with Gasteiger partial charge in [-0.3, -0.25) is 4.79 Å². The first-order chi connectivity index (χ1) is 7.50. The van der Waals surface area contributed by atoms with Crippen molar-refractivity contribution in [1.82, 2.24) is 15.5 Å². The van der Waals surface area contributed by atoms with Gasteiger partial charge in [0.2, 0.25) is 5.91 Å². The second kappa shape index (κ2) is 6.21. The quantitative estimate of drug-likeness (QED) is 0.722. The normalized spacial score (nSPS) is 24.1. The molecule has 1 saturated heterocycles. The molecule has 4 heteroatoms. The van der Waals surface area contributed by atoms with E-state index in [1.165, 1.54) is 12.8 Å². The maximum absolute atomic E-state index is 11.7. The molecule has 0 aliphatic carbocycles. The maximum Gasteiger partial charge on any atom is 0.238 e. The van der Waals surface area contributed by atoms with Crippen LogP contribution in [0.4, 0.5) is 0 Å². The summed E-state index contributed by atoms with van der Waals surface area (Å²) in [5, 5.41) is 6.83. The summed E-state index contributed by atoms with van der Waals surface area (Å²) >= 11 is 0. The van der Waals surface area contributed by atoms with Crippen molar-refractivity contribution in [3.63, 3.8) is 0 Å². The summed E-state index contributed by atoms with van der Waals surface area (Å²) in [6.07, 6.45) is 3.65. The Labute approximate surface area is 98.8 Å². The van der Waals surface area contributed by atoms with E-state index in [9.17, 15) is 4.79 Å². The van der Waals surface area contributed by atoms with Gasteiger partial charge in [-0.05, 0) is 39.7 Å². The van der Waals surface area contributed by atoms with E-state index in [1.807, 2.05) is 6.92 Å². The molecule has 16 heavy (non-hydrogen) atoms. The first-order valence-corrected chi connectivity index (χ1v) is 6.21. The molecule has 0 radical (unpaired) electrons. The first kappa shape index (κ1) is 13.5. The molecule has 3 atom stereocenters. The fourth-order valence-electron chi connectivity index (χ4n) is 2.34. The van der Waals surface area contributed by atoms with Crippen molar-refractivity contribution in [2.24, 2.45) is 0 Å². The Bertz CT molecular complexity index is 224. The summed E-state index contributed by atoms with van der Waals surface area (Å²) in [7, 11) is 3.59. The number of rotatable bonds is 5. The third-order valence-electron chi connectivity index (χ3n) is 3.15. The van der Waals surface area contributed by atoms with Crippen LogP contribution in [0.15, 0.2) is 0 Å². The van der Waals surface area contributed by atoms with E-state index in [1.54, 1.807) is 19.0 Å². The number of hydrogen-bond donors (Lipinski definition) is 2. The largest absolute Gasteiger partial charge is 0.347 e. The Hall–Kier alpha value is -0.610. The third-order valence-corrected chi connectivity index (χ3v) is 3.15. The van der Waals surface area contributed by atoms with E-state index < -0.39 is 0 Å². The molecular formula is C12H25N3O. The van der Waals surface area contributed by atoms with E-state index in [0.29, 0.717) is 12.1 Å². The number of likely N-dealkylation sites (N-methyl/N-ethyl adjacent to an activating group) is 1. The first-order valence-electron chi connectivity index (χ1n) is 6.21. The Morgan fingerprint density at radius 3 is 2.69 bits per heavy atom. The van der Waals surface area contributed by atoms with E-state index in [0.717, 1.165) is 13.0 Å². The monoisotopic (exact) mass is 227 g/mol. The molecule has 1 fully saturated rings. The molecule has 0 saturated carbocycles. The van der Waals surface area contributed by atoms with Crippen LogP contribution < -0.4 is 10.6 Å². The van der Waals surface area contributed by atoms with E-state index in [4.69, 9.17) is 0 Å². The van der Waals surface area contributed by atoms with Gasteiger partial charge in [0.05, 0.1) is 6.04 Å². The number of carbonyl (C=O) groups is 1. The van der Waals surface area contributed by atoms with E-state index in [2.05, 4.69) is 17.6 Å². The lowest BCUT2D eigenvalue weighted by Gasteiger charge is -2.24. The van der Waals surface area contributed by atoms with Gasteiger partial charge in [-0.2, -0.15) is 0 Å². The van der Waals surface area contributed by atoms with Gasteiger partial charge in [0, 0.05) is 26.2 Å². The number of nitrogens with one attached hydrogen (secondary N) is 2. The summed E-state index contributed by atoms with van der Waals surface area (Å²) in [6.45, 7) is 5.23. The Balaban J connectivity index is 2.27. The predicted molar refractivity (Wildman–Crippen MR) is 66.4 cm³/mol. The molecule has 0 bridgehead atoms. The van der Waals surface area contributed by atoms with Crippen LogP contribution in [0.2, 0.25) is 0 Å². The molecular weight excluding hydrogens is 202 g/mol. The average Bonchev–Trinajstić information content (AvgIpc) is 2.68. The Morgan fingerprint density at radius 1 is 1.50 bits per heavy atom. The summed E-state index contributed by atoms with van der Waals surface area (Å²) in [6, 6.07) is 0.921. The standard InChI is InChI=1S/C12H25N3O/c1-9(8-11-6-5-7-13-11)14-10(2)12(16)15(3)4/h9-11,13-14H,5-8H2,1-4H3. The lowest BCUT2D eigenvalue weighted by molar-refractivity contribution is -0.130. The molecule has 0 aromatic carbocycles. The molecule has 1 aliphatic heterocycles. The van der Waals surface area contributed by atoms with Crippen LogP contribution in [-0.4, -0.2) is 49.6 Å². The Kier molecular flexibility index (Phi) is 5.22. The fraction of sp³-hybridized carbons (Fsp3) is 0.917. The average molecular weight is 227 g/mol. The van der Waals surface area contributed by atoms with Crippen molar-refractivity contribution >= 4 is 5.91 Å². The summed E-state index contributed by atoms with van der Waals surface area (Å²) in [5.41, 5.74) is 0. The number of carbonyl (C=O) groups excluding carboxylic acids is 1. The minimum atomic E-state index is -0.0913. The van der Waals surface area contributed by atoms with Crippen LogP contribution in [0.1, 0.15) is 33.1 Å². The molecule has 4 nitrogen and oxygen atoms in total. The van der Waals surface area contributed by atoms with Crippen molar-refractivity contribution in [3.8, 4) is 0 Å². The van der Waals surface area contributed by atoms with E-state index >= 15 is 0 Å². The van der Waals surface area contributed by atoms with Crippen LogP contribution in [0, 0.1) is 0 Å². The zero-order chi connectivity index (χ0) is 12.1. The SMILES string of the molecule is CC(CC1CCCN1)NC(C)C(=O)N(C)C. The van der Waals surface area contributed by atoms with Gasteiger partial charge >= 0.3 is 0 Å². The zero-order valence-corrected chi connectivity index (χ0v) is 10.9. The lowest BCUT2D eigenvalue weighted by atomic mass is 10.1. The number of hydrogen-bond acceptors (Lipinski definition) is 3. The molecule has 0 aromatic heterocycles. The molecule has 94 valence electrons. The van der Waals surface area contributed by atoms with E-state index in [-0.39, 0.29) is 11.9 Å². The fourth-order valence-corrected chi connectivity index (χ4v) is 2.34. The molecule has 0 aromatic rings. The van der Waals surface area contributed by atoms with Gasteiger partial charge in [0.25, 0.3) is 0 Å². The third kappa shape index (κ3) is 4.10. The highest BCUT2D eigenvalue weighted by Crippen LogP contribution is 2.11. The molecule has 1 rings (SSSR count). The van der Waals surface area contributed by atoms with Crippen LogP contribution >= 0.6 is 0 Å². The van der Waals surface area contributed by atoms with Gasteiger partial charge in [0.1, 0.15) is 0 Å².